The second-order valence-electron chi connectivity index (χ2n) is 4.28. The summed E-state index contributed by atoms with van der Waals surface area (Å²) in [4.78, 5) is 4.65. The van der Waals surface area contributed by atoms with Gasteiger partial charge in [0.15, 0.2) is 0 Å². The summed E-state index contributed by atoms with van der Waals surface area (Å²) in [5.74, 6) is 0.426. The number of benzene rings is 1. The molecule has 0 aliphatic carbocycles. The van der Waals surface area contributed by atoms with Crippen molar-refractivity contribution >= 4 is 17.4 Å². The van der Waals surface area contributed by atoms with Crippen LogP contribution < -0.4 is 11.5 Å². The van der Waals surface area contributed by atoms with E-state index >= 15 is 0 Å². The number of anilines is 1. The minimum Gasteiger partial charge on any atom is -0.398 e. The molecule has 0 fully saturated rings. The van der Waals surface area contributed by atoms with Gasteiger partial charge in [-0.05, 0) is 30.2 Å². The van der Waals surface area contributed by atoms with Crippen LogP contribution in [0.4, 0.5) is 10.1 Å². The van der Waals surface area contributed by atoms with Gasteiger partial charge in [0.25, 0.3) is 0 Å². The fraction of sp³-hybridized carbons (Fsp3) is 0.214. The third-order valence-corrected chi connectivity index (χ3v) is 3.95. The van der Waals surface area contributed by atoms with Gasteiger partial charge in [0.1, 0.15) is 5.82 Å². The Bertz CT molecular complexity index is 548. The lowest BCUT2D eigenvalue weighted by Crippen LogP contribution is -2.26. The summed E-state index contributed by atoms with van der Waals surface area (Å²) in [6, 6.07) is 8.37. The van der Waals surface area contributed by atoms with Gasteiger partial charge in [0.05, 0.1) is 0 Å². The Balaban J connectivity index is 1.90. The van der Waals surface area contributed by atoms with Crippen LogP contribution in [-0.2, 0) is 6.42 Å². The fourth-order valence-electron chi connectivity index (χ4n) is 1.71. The van der Waals surface area contributed by atoms with E-state index in [0.29, 0.717) is 22.8 Å². The predicted octanol–water partition coefficient (Wildman–Crippen LogP) is 2.47. The Morgan fingerprint density at radius 2 is 2.05 bits per heavy atom. The molecule has 1 aromatic carbocycles. The lowest BCUT2D eigenvalue weighted by atomic mass is 10.1. The minimum atomic E-state index is -0.208. The van der Waals surface area contributed by atoms with Gasteiger partial charge in [-0.1, -0.05) is 12.1 Å². The first-order valence-corrected chi connectivity index (χ1v) is 6.96. The molecule has 5 heteroatoms. The first kappa shape index (κ1) is 13.8. The molecule has 2 aromatic rings. The molecule has 19 heavy (non-hydrogen) atoms. The van der Waals surface area contributed by atoms with E-state index in [2.05, 4.69) is 4.98 Å². The summed E-state index contributed by atoms with van der Waals surface area (Å²) < 4.78 is 13.4. The van der Waals surface area contributed by atoms with Gasteiger partial charge in [0.2, 0.25) is 0 Å². The summed E-state index contributed by atoms with van der Waals surface area (Å²) in [5, 5.41) is 0. The highest BCUT2D eigenvalue weighted by Gasteiger charge is 2.09. The first-order chi connectivity index (χ1) is 9.16. The maximum Gasteiger partial charge on any atom is 0.136 e. The standard InChI is InChI=1S/C14H16FN3S/c15-12-3-1-2-4-14(12)19-9-11(16)7-10-8-18-6-5-13(10)17/h1-6,8,11H,7,9,16H2,(H2,17,18). The van der Waals surface area contributed by atoms with Gasteiger partial charge in [-0.2, -0.15) is 0 Å². The molecule has 0 spiro atoms. The number of thioether (sulfide) groups is 1. The van der Waals surface area contributed by atoms with E-state index in [9.17, 15) is 4.39 Å². The van der Waals surface area contributed by atoms with Crippen molar-refractivity contribution in [2.24, 2.45) is 5.73 Å². The summed E-state index contributed by atoms with van der Waals surface area (Å²) in [7, 11) is 0. The molecule has 1 unspecified atom stereocenters. The van der Waals surface area contributed by atoms with Crippen LogP contribution in [0.3, 0.4) is 0 Å². The van der Waals surface area contributed by atoms with E-state index in [0.717, 1.165) is 5.56 Å². The number of hydrogen-bond donors (Lipinski definition) is 2. The zero-order chi connectivity index (χ0) is 13.7. The van der Waals surface area contributed by atoms with Crippen LogP contribution in [0.25, 0.3) is 0 Å². The molecule has 3 nitrogen and oxygen atoms in total. The largest absolute Gasteiger partial charge is 0.398 e. The van der Waals surface area contributed by atoms with Crippen LogP contribution in [0.2, 0.25) is 0 Å². The third-order valence-electron chi connectivity index (χ3n) is 2.71. The van der Waals surface area contributed by atoms with Crippen molar-refractivity contribution in [1.29, 1.82) is 0 Å². The molecule has 4 N–H and O–H groups in total. The quantitative estimate of drug-likeness (QED) is 0.824. The number of halogens is 1. The lowest BCUT2D eigenvalue weighted by molar-refractivity contribution is 0.601. The minimum absolute atomic E-state index is 0.0869. The van der Waals surface area contributed by atoms with Crippen LogP contribution in [0, 0.1) is 5.82 Å². The molecule has 0 amide bonds. The first-order valence-electron chi connectivity index (χ1n) is 5.98. The number of nitrogens with two attached hydrogens (primary N) is 2. The smallest absolute Gasteiger partial charge is 0.136 e. The number of nitrogen functional groups attached to an aromatic ring is 1. The monoisotopic (exact) mass is 277 g/mol. The topological polar surface area (TPSA) is 64.9 Å². The summed E-state index contributed by atoms with van der Waals surface area (Å²) >= 11 is 1.42. The van der Waals surface area contributed by atoms with E-state index in [1.807, 2.05) is 6.07 Å². The summed E-state index contributed by atoms with van der Waals surface area (Å²) in [6.45, 7) is 0. The zero-order valence-electron chi connectivity index (χ0n) is 10.4. The van der Waals surface area contributed by atoms with E-state index in [-0.39, 0.29) is 11.9 Å². The molecule has 0 bridgehead atoms. The van der Waals surface area contributed by atoms with Gasteiger partial charge < -0.3 is 11.5 Å². The fourth-order valence-corrected chi connectivity index (χ4v) is 2.60. The number of hydrogen-bond acceptors (Lipinski definition) is 4. The molecule has 0 saturated heterocycles. The Morgan fingerprint density at radius 1 is 1.26 bits per heavy atom. The second kappa shape index (κ2) is 6.54. The van der Waals surface area contributed by atoms with Crippen molar-refractivity contribution in [2.75, 3.05) is 11.5 Å². The SMILES string of the molecule is Nc1ccncc1CC(N)CSc1ccccc1F. The van der Waals surface area contributed by atoms with Crippen LogP contribution in [0.15, 0.2) is 47.6 Å². The molecule has 1 heterocycles. The molecule has 1 atom stereocenters. The number of aromatic nitrogens is 1. The molecule has 2 rings (SSSR count). The van der Waals surface area contributed by atoms with Crippen molar-refractivity contribution in [3.05, 3.63) is 54.1 Å². The van der Waals surface area contributed by atoms with Crippen LogP contribution in [0.1, 0.15) is 5.56 Å². The van der Waals surface area contributed by atoms with Crippen molar-refractivity contribution in [3.63, 3.8) is 0 Å². The van der Waals surface area contributed by atoms with Gasteiger partial charge in [-0.25, -0.2) is 4.39 Å². The van der Waals surface area contributed by atoms with Gasteiger partial charge in [-0.15, -0.1) is 11.8 Å². The molecule has 0 aliphatic rings. The average molecular weight is 277 g/mol. The number of rotatable bonds is 5. The molecular formula is C14H16FN3S. The maximum absolute atomic E-state index is 13.4. The predicted molar refractivity (Wildman–Crippen MR) is 77.5 cm³/mol. The Morgan fingerprint density at radius 3 is 2.79 bits per heavy atom. The molecule has 0 aliphatic heterocycles. The van der Waals surface area contributed by atoms with E-state index in [1.165, 1.54) is 17.8 Å². The summed E-state index contributed by atoms with van der Waals surface area (Å²) in [6.07, 6.45) is 4.02. The van der Waals surface area contributed by atoms with Crippen LogP contribution in [0.5, 0.6) is 0 Å². The van der Waals surface area contributed by atoms with E-state index in [1.54, 1.807) is 30.6 Å². The Labute approximate surface area is 116 Å². The zero-order valence-corrected chi connectivity index (χ0v) is 11.2. The van der Waals surface area contributed by atoms with Crippen molar-refractivity contribution in [2.45, 2.75) is 17.4 Å². The number of nitrogens with zero attached hydrogens (tertiary/aromatic N) is 1. The Kier molecular flexibility index (Phi) is 4.76. The van der Waals surface area contributed by atoms with Crippen molar-refractivity contribution in [1.82, 2.24) is 4.98 Å². The Hall–Kier alpha value is -1.59. The normalized spacial score (nSPS) is 12.3. The van der Waals surface area contributed by atoms with Gasteiger partial charge in [0, 0.05) is 34.8 Å². The highest BCUT2D eigenvalue weighted by atomic mass is 32.2. The second-order valence-corrected chi connectivity index (χ2v) is 5.34. The molecule has 0 saturated carbocycles. The summed E-state index contributed by atoms with van der Waals surface area (Å²) in [5.41, 5.74) is 13.5. The average Bonchev–Trinajstić information content (AvgIpc) is 2.40. The molecule has 0 radical (unpaired) electrons. The molecule has 1 aromatic heterocycles. The highest BCUT2D eigenvalue weighted by Crippen LogP contribution is 2.22. The lowest BCUT2D eigenvalue weighted by Gasteiger charge is -2.12. The van der Waals surface area contributed by atoms with Crippen LogP contribution >= 0.6 is 11.8 Å². The molecular weight excluding hydrogens is 261 g/mol. The van der Waals surface area contributed by atoms with Crippen molar-refractivity contribution in [3.8, 4) is 0 Å². The maximum atomic E-state index is 13.4. The third kappa shape index (κ3) is 3.94. The molecule has 100 valence electrons. The highest BCUT2D eigenvalue weighted by molar-refractivity contribution is 7.99. The van der Waals surface area contributed by atoms with Crippen LogP contribution in [-0.4, -0.2) is 16.8 Å². The van der Waals surface area contributed by atoms with Crippen molar-refractivity contribution < 1.29 is 4.39 Å². The number of pyridine rings is 1. The van der Waals surface area contributed by atoms with E-state index < -0.39 is 0 Å². The van der Waals surface area contributed by atoms with Gasteiger partial charge >= 0.3 is 0 Å². The van der Waals surface area contributed by atoms with Gasteiger partial charge in [-0.3, -0.25) is 4.98 Å². The van der Waals surface area contributed by atoms with E-state index in [4.69, 9.17) is 11.5 Å².